The van der Waals surface area contributed by atoms with Crippen molar-refractivity contribution in [2.45, 2.75) is 6.92 Å². The standard InChI is InChI=1S/C17H14ClNO3/c1-11-13(18)3-2-4-14(11)19-17(20)8-6-12-5-7-15-16(9-12)22-10-21-15/h2-9H,10H2,1H3,(H,19,20). The van der Waals surface area contributed by atoms with Gasteiger partial charge in [-0.1, -0.05) is 23.7 Å². The number of rotatable bonds is 3. The minimum Gasteiger partial charge on any atom is -0.454 e. The van der Waals surface area contributed by atoms with Gasteiger partial charge in [-0.15, -0.1) is 0 Å². The van der Waals surface area contributed by atoms with E-state index in [2.05, 4.69) is 5.32 Å². The zero-order valence-electron chi connectivity index (χ0n) is 11.9. The molecule has 0 bridgehead atoms. The van der Waals surface area contributed by atoms with Crippen LogP contribution in [-0.2, 0) is 4.79 Å². The van der Waals surface area contributed by atoms with Crippen molar-refractivity contribution >= 4 is 29.3 Å². The smallest absolute Gasteiger partial charge is 0.248 e. The topological polar surface area (TPSA) is 47.6 Å². The molecule has 0 spiro atoms. The van der Waals surface area contributed by atoms with E-state index in [1.54, 1.807) is 18.2 Å². The number of ether oxygens (including phenoxy) is 2. The summed E-state index contributed by atoms with van der Waals surface area (Å²) in [6.45, 7) is 2.09. The van der Waals surface area contributed by atoms with Gasteiger partial charge in [0, 0.05) is 16.8 Å². The number of fused-ring (bicyclic) bond motifs is 1. The van der Waals surface area contributed by atoms with E-state index < -0.39 is 0 Å². The number of hydrogen-bond acceptors (Lipinski definition) is 3. The first kappa shape index (κ1) is 14.5. The second-order valence-electron chi connectivity index (χ2n) is 4.85. The van der Waals surface area contributed by atoms with Crippen LogP contribution in [0.25, 0.3) is 6.08 Å². The van der Waals surface area contributed by atoms with Crippen LogP contribution < -0.4 is 14.8 Å². The molecule has 2 aromatic carbocycles. The quantitative estimate of drug-likeness (QED) is 0.870. The van der Waals surface area contributed by atoms with Crippen LogP contribution >= 0.6 is 11.6 Å². The van der Waals surface area contributed by atoms with Crippen LogP contribution in [0.3, 0.4) is 0 Å². The minimum absolute atomic E-state index is 0.219. The van der Waals surface area contributed by atoms with Gasteiger partial charge in [-0.05, 0) is 48.4 Å². The molecule has 1 aliphatic heterocycles. The van der Waals surface area contributed by atoms with E-state index in [0.29, 0.717) is 16.5 Å². The highest BCUT2D eigenvalue weighted by molar-refractivity contribution is 6.31. The summed E-state index contributed by atoms with van der Waals surface area (Å²) in [6.07, 6.45) is 3.19. The Labute approximate surface area is 133 Å². The number of nitrogens with one attached hydrogen (secondary N) is 1. The van der Waals surface area contributed by atoms with Gasteiger partial charge >= 0.3 is 0 Å². The fourth-order valence-corrected chi connectivity index (χ4v) is 2.28. The van der Waals surface area contributed by atoms with E-state index >= 15 is 0 Å². The highest BCUT2D eigenvalue weighted by atomic mass is 35.5. The van der Waals surface area contributed by atoms with E-state index in [-0.39, 0.29) is 12.7 Å². The number of carbonyl (C=O) groups excluding carboxylic acids is 1. The summed E-state index contributed by atoms with van der Waals surface area (Å²) in [4.78, 5) is 12.0. The SMILES string of the molecule is Cc1c(Cl)cccc1NC(=O)C=Cc1ccc2c(c1)OCO2. The first-order valence-electron chi connectivity index (χ1n) is 6.77. The molecule has 22 heavy (non-hydrogen) atoms. The third-order valence-corrected chi connectivity index (χ3v) is 3.76. The molecule has 1 aliphatic rings. The lowest BCUT2D eigenvalue weighted by molar-refractivity contribution is -0.111. The third-order valence-electron chi connectivity index (χ3n) is 3.35. The van der Waals surface area contributed by atoms with E-state index in [9.17, 15) is 4.79 Å². The average Bonchev–Trinajstić information content (AvgIpc) is 2.97. The van der Waals surface area contributed by atoms with Gasteiger partial charge in [0.25, 0.3) is 0 Å². The minimum atomic E-state index is -0.219. The van der Waals surface area contributed by atoms with Crippen LogP contribution in [0.15, 0.2) is 42.5 Å². The Morgan fingerprint density at radius 2 is 2.05 bits per heavy atom. The van der Waals surface area contributed by atoms with Crippen LogP contribution in [0.4, 0.5) is 5.69 Å². The second kappa shape index (κ2) is 6.12. The van der Waals surface area contributed by atoms with Gasteiger partial charge in [0.2, 0.25) is 12.7 Å². The normalized spacial score (nSPS) is 12.6. The van der Waals surface area contributed by atoms with E-state index in [1.807, 2.05) is 31.2 Å². The number of anilines is 1. The molecule has 1 N–H and O–H groups in total. The van der Waals surface area contributed by atoms with Gasteiger partial charge in [-0.3, -0.25) is 4.79 Å². The lowest BCUT2D eigenvalue weighted by atomic mass is 10.2. The van der Waals surface area contributed by atoms with E-state index in [0.717, 1.165) is 16.9 Å². The number of hydrogen-bond donors (Lipinski definition) is 1. The van der Waals surface area contributed by atoms with Crippen molar-refractivity contribution in [3.05, 3.63) is 58.6 Å². The lowest BCUT2D eigenvalue weighted by Gasteiger charge is -2.07. The maximum Gasteiger partial charge on any atom is 0.248 e. The second-order valence-corrected chi connectivity index (χ2v) is 5.25. The highest BCUT2D eigenvalue weighted by Gasteiger charge is 2.12. The fourth-order valence-electron chi connectivity index (χ4n) is 2.11. The molecule has 0 radical (unpaired) electrons. The largest absolute Gasteiger partial charge is 0.454 e. The molecule has 1 heterocycles. The molecule has 2 aromatic rings. The molecule has 4 nitrogen and oxygen atoms in total. The van der Waals surface area contributed by atoms with Crippen molar-refractivity contribution in [2.24, 2.45) is 0 Å². The Morgan fingerprint density at radius 3 is 2.91 bits per heavy atom. The van der Waals surface area contributed by atoms with E-state index in [1.165, 1.54) is 6.08 Å². The van der Waals surface area contributed by atoms with Gasteiger partial charge in [0.1, 0.15) is 0 Å². The lowest BCUT2D eigenvalue weighted by Crippen LogP contribution is -2.08. The molecular weight excluding hydrogens is 302 g/mol. The molecule has 3 rings (SSSR count). The number of amides is 1. The maximum atomic E-state index is 12.0. The highest BCUT2D eigenvalue weighted by Crippen LogP contribution is 2.32. The van der Waals surface area contributed by atoms with Crippen LogP contribution in [0, 0.1) is 6.92 Å². The Kier molecular flexibility index (Phi) is 4.02. The number of carbonyl (C=O) groups is 1. The van der Waals surface area contributed by atoms with Crippen molar-refractivity contribution in [3.8, 4) is 11.5 Å². The molecule has 0 saturated carbocycles. The molecule has 112 valence electrons. The van der Waals surface area contributed by atoms with Crippen molar-refractivity contribution in [1.29, 1.82) is 0 Å². The maximum absolute atomic E-state index is 12.0. The number of halogens is 1. The molecule has 5 heteroatoms. The van der Waals surface area contributed by atoms with Crippen molar-refractivity contribution in [3.63, 3.8) is 0 Å². The predicted octanol–water partition coefficient (Wildman–Crippen LogP) is 4.03. The summed E-state index contributed by atoms with van der Waals surface area (Å²) in [6, 6.07) is 10.9. The molecule has 0 atom stereocenters. The summed E-state index contributed by atoms with van der Waals surface area (Å²) >= 11 is 6.03. The zero-order valence-corrected chi connectivity index (χ0v) is 12.7. The Hall–Kier alpha value is -2.46. The van der Waals surface area contributed by atoms with Gasteiger partial charge in [0.05, 0.1) is 0 Å². The first-order chi connectivity index (χ1) is 10.6. The third kappa shape index (κ3) is 3.07. The Bertz CT molecular complexity index is 756. The molecule has 0 aliphatic carbocycles. The van der Waals surface area contributed by atoms with Crippen molar-refractivity contribution < 1.29 is 14.3 Å². The Balaban J connectivity index is 1.70. The van der Waals surface area contributed by atoms with Crippen LogP contribution in [-0.4, -0.2) is 12.7 Å². The monoisotopic (exact) mass is 315 g/mol. The molecular formula is C17H14ClNO3. The molecule has 0 fully saturated rings. The van der Waals surface area contributed by atoms with E-state index in [4.69, 9.17) is 21.1 Å². The van der Waals surface area contributed by atoms with Crippen molar-refractivity contribution in [2.75, 3.05) is 12.1 Å². The van der Waals surface area contributed by atoms with Gasteiger partial charge in [0.15, 0.2) is 11.5 Å². The van der Waals surface area contributed by atoms with Crippen LogP contribution in [0.1, 0.15) is 11.1 Å². The number of benzene rings is 2. The summed E-state index contributed by atoms with van der Waals surface area (Å²) < 4.78 is 10.5. The molecule has 0 aromatic heterocycles. The zero-order chi connectivity index (χ0) is 15.5. The van der Waals surface area contributed by atoms with Gasteiger partial charge in [-0.25, -0.2) is 0 Å². The summed E-state index contributed by atoms with van der Waals surface area (Å²) in [5, 5.41) is 3.43. The Morgan fingerprint density at radius 1 is 1.23 bits per heavy atom. The molecule has 0 saturated heterocycles. The van der Waals surface area contributed by atoms with Crippen LogP contribution in [0.2, 0.25) is 5.02 Å². The molecule has 0 unspecified atom stereocenters. The summed E-state index contributed by atoms with van der Waals surface area (Å²) in [5.74, 6) is 1.19. The molecule has 1 amide bonds. The van der Waals surface area contributed by atoms with Crippen LogP contribution in [0.5, 0.6) is 11.5 Å². The average molecular weight is 316 g/mol. The first-order valence-corrected chi connectivity index (χ1v) is 7.15. The van der Waals surface area contributed by atoms with Crippen molar-refractivity contribution in [1.82, 2.24) is 0 Å². The van der Waals surface area contributed by atoms with Gasteiger partial charge in [-0.2, -0.15) is 0 Å². The summed E-state index contributed by atoms with van der Waals surface area (Å²) in [5.41, 5.74) is 2.41. The predicted molar refractivity (Wildman–Crippen MR) is 86.4 cm³/mol. The fraction of sp³-hybridized carbons (Fsp3) is 0.118. The summed E-state index contributed by atoms with van der Waals surface area (Å²) in [7, 11) is 0. The van der Waals surface area contributed by atoms with Gasteiger partial charge < -0.3 is 14.8 Å².